The highest BCUT2D eigenvalue weighted by molar-refractivity contribution is 5.78. The number of methoxy groups -OCH3 is 1. The number of benzene rings is 1. The zero-order chi connectivity index (χ0) is 17.9. The van der Waals surface area contributed by atoms with Gasteiger partial charge in [-0.3, -0.25) is 4.79 Å². The zero-order valence-electron chi connectivity index (χ0n) is 13.2. The lowest BCUT2D eigenvalue weighted by Crippen LogP contribution is -2.45. The molecule has 0 unspecified atom stereocenters. The van der Waals surface area contributed by atoms with E-state index in [9.17, 15) is 22.4 Å². The summed E-state index contributed by atoms with van der Waals surface area (Å²) < 4.78 is 56.5. The van der Waals surface area contributed by atoms with Crippen LogP contribution in [0.25, 0.3) is 0 Å². The van der Waals surface area contributed by atoms with Gasteiger partial charge in [0.05, 0.1) is 11.7 Å². The summed E-state index contributed by atoms with van der Waals surface area (Å²) in [6.45, 7) is -0.164. The van der Waals surface area contributed by atoms with Crippen LogP contribution < -0.4 is 11.1 Å². The molecule has 3 N–H and O–H groups in total. The zero-order valence-corrected chi connectivity index (χ0v) is 13.2. The summed E-state index contributed by atoms with van der Waals surface area (Å²) in [6.07, 6.45) is -3.09. The highest BCUT2D eigenvalue weighted by Crippen LogP contribution is 2.30. The lowest BCUT2D eigenvalue weighted by Gasteiger charge is -2.32. The lowest BCUT2D eigenvalue weighted by molar-refractivity contribution is -0.137. The number of rotatable bonds is 4. The molecule has 4 nitrogen and oxygen atoms in total. The van der Waals surface area contributed by atoms with Gasteiger partial charge in [0.2, 0.25) is 5.91 Å². The second-order valence-corrected chi connectivity index (χ2v) is 5.97. The van der Waals surface area contributed by atoms with Crippen LogP contribution in [0.4, 0.5) is 17.6 Å². The first-order chi connectivity index (χ1) is 11.2. The summed E-state index contributed by atoms with van der Waals surface area (Å²) in [7, 11) is 1.53. The van der Waals surface area contributed by atoms with Crippen LogP contribution in [-0.2, 0) is 22.3 Å². The van der Waals surface area contributed by atoms with E-state index >= 15 is 0 Å². The third-order valence-electron chi connectivity index (χ3n) is 4.35. The number of hydrogen-bond donors (Lipinski definition) is 2. The van der Waals surface area contributed by atoms with Gasteiger partial charge in [0.1, 0.15) is 5.82 Å². The smallest absolute Gasteiger partial charge is 0.380 e. The van der Waals surface area contributed by atoms with Gasteiger partial charge in [-0.2, -0.15) is 13.2 Å². The average molecular weight is 348 g/mol. The van der Waals surface area contributed by atoms with Gasteiger partial charge in [-0.1, -0.05) is 6.07 Å². The van der Waals surface area contributed by atoms with Crippen molar-refractivity contribution >= 4 is 5.91 Å². The quantitative estimate of drug-likeness (QED) is 0.822. The van der Waals surface area contributed by atoms with Crippen molar-refractivity contribution in [3.8, 4) is 0 Å². The summed E-state index contributed by atoms with van der Waals surface area (Å²) in [5.41, 5.74) is 4.84. The van der Waals surface area contributed by atoms with E-state index in [0.29, 0.717) is 25.3 Å². The standard InChI is InChI=1S/C16H20F4N2O2/c1-24-14-6-9(3-5-13(14)21)15(23)22-8-10-2-4-11(7-12(10)17)16(18,19)20/h2,4,7,9,13-14H,3,5-6,8,21H2,1H3,(H,22,23)/t9-,13+,14+/m0/s1. The molecule has 8 heteroatoms. The fourth-order valence-electron chi connectivity index (χ4n) is 2.86. The molecule has 0 radical (unpaired) electrons. The van der Waals surface area contributed by atoms with Crippen LogP contribution in [0, 0.1) is 11.7 Å². The van der Waals surface area contributed by atoms with E-state index in [2.05, 4.69) is 5.32 Å². The molecular weight excluding hydrogens is 328 g/mol. The van der Waals surface area contributed by atoms with E-state index in [-0.39, 0.29) is 36.1 Å². The number of nitrogens with one attached hydrogen (secondary N) is 1. The van der Waals surface area contributed by atoms with Crippen molar-refractivity contribution in [3.05, 3.63) is 35.1 Å². The van der Waals surface area contributed by atoms with Crippen LogP contribution in [0.5, 0.6) is 0 Å². The predicted octanol–water partition coefficient (Wildman–Crippen LogP) is 2.60. The van der Waals surface area contributed by atoms with Crippen LogP contribution in [0.3, 0.4) is 0 Å². The van der Waals surface area contributed by atoms with Crippen LogP contribution in [0.15, 0.2) is 18.2 Å². The van der Waals surface area contributed by atoms with E-state index in [4.69, 9.17) is 10.5 Å². The first-order valence-electron chi connectivity index (χ1n) is 7.64. The van der Waals surface area contributed by atoms with Gasteiger partial charge in [-0.05, 0) is 31.4 Å². The van der Waals surface area contributed by atoms with Crippen LogP contribution in [-0.4, -0.2) is 25.2 Å². The van der Waals surface area contributed by atoms with E-state index in [0.717, 1.165) is 12.1 Å². The van der Waals surface area contributed by atoms with E-state index in [1.54, 1.807) is 0 Å². The normalized spacial score (nSPS) is 24.7. The first kappa shape index (κ1) is 18.7. The number of hydrogen-bond acceptors (Lipinski definition) is 3. The monoisotopic (exact) mass is 348 g/mol. The summed E-state index contributed by atoms with van der Waals surface area (Å²) in [4.78, 5) is 12.2. The summed E-state index contributed by atoms with van der Waals surface area (Å²) in [6, 6.07) is 2.15. The molecule has 0 heterocycles. The average Bonchev–Trinajstić information content (AvgIpc) is 2.52. The van der Waals surface area contributed by atoms with Gasteiger partial charge in [0.25, 0.3) is 0 Å². The summed E-state index contributed by atoms with van der Waals surface area (Å²) >= 11 is 0. The van der Waals surface area contributed by atoms with Gasteiger partial charge >= 0.3 is 6.18 Å². The Morgan fingerprint density at radius 1 is 1.38 bits per heavy atom. The molecule has 1 amide bonds. The third kappa shape index (κ3) is 4.45. The largest absolute Gasteiger partial charge is 0.416 e. The Bertz CT molecular complexity index is 592. The van der Waals surface area contributed by atoms with Gasteiger partial charge in [0.15, 0.2) is 0 Å². The molecule has 0 spiro atoms. The number of nitrogens with two attached hydrogens (primary N) is 1. The highest BCUT2D eigenvalue weighted by Gasteiger charge is 2.33. The molecule has 1 saturated carbocycles. The SMILES string of the molecule is CO[C@@H]1C[C@@H](C(=O)NCc2ccc(C(F)(F)F)cc2F)CC[C@H]1N. The number of amides is 1. The number of ether oxygens (including phenoxy) is 1. The third-order valence-corrected chi connectivity index (χ3v) is 4.35. The maximum atomic E-state index is 13.8. The van der Waals surface area contributed by atoms with E-state index in [1.165, 1.54) is 7.11 Å². The fourth-order valence-corrected chi connectivity index (χ4v) is 2.86. The molecule has 24 heavy (non-hydrogen) atoms. The van der Waals surface area contributed by atoms with Gasteiger partial charge in [-0.25, -0.2) is 4.39 Å². The van der Waals surface area contributed by atoms with Crippen LogP contribution in [0.1, 0.15) is 30.4 Å². The van der Waals surface area contributed by atoms with Crippen molar-refractivity contribution < 1.29 is 27.1 Å². The molecule has 1 fully saturated rings. The molecule has 0 aromatic heterocycles. The maximum absolute atomic E-state index is 13.8. The van der Waals surface area contributed by atoms with Crippen molar-refractivity contribution in [2.75, 3.05) is 7.11 Å². The molecule has 134 valence electrons. The topological polar surface area (TPSA) is 64.3 Å². The Balaban J connectivity index is 1.94. The second kappa shape index (κ2) is 7.48. The number of halogens is 4. The molecular formula is C16H20F4N2O2. The molecule has 0 saturated heterocycles. The summed E-state index contributed by atoms with van der Waals surface area (Å²) in [5, 5.41) is 2.57. The maximum Gasteiger partial charge on any atom is 0.416 e. The minimum absolute atomic E-state index is 0.00662. The van der Waals surface area contributed by atoms with E-state index in [1.807, 2.05) is 0 Å². The van der Waals surface area contributed by atoms with Crippen molar-refractivity contribution in [2.45, 2.75) is 44.1 Å². The Hall–Kier alpha value is -1.67. The van der Waals surface area contributed by atoms with Gasteiger partial charge in [0, 0.05) is 31.2 Å². The highest BCUT2D eigenvalue weighted by atomic mass is 19.4. The summed E-state index contributed by atoms with van der Waals surface area (Å²) in [5.74, 6) is -1.57. The molecule has 1 aliphatic carbocycles. The minimum atomic E-state index is -4.60. The Morgan fingerprint density at radius 3 is 2.67 bits per heavy atom. The predicted molar refractivity (Wildman–Crippen MR) is 79.4 cm³/mol. The van der Waals surface area contributed by atoms with Crippen molar-refractivity contribution in [1.29, 1.82) is 0 Å². The number of alkyl halides is 3. The minimum Gasteiger partial charge on any atom is -0.380 e. The second-order valence-electron chi connectivity index (χ2n) is 5.97. The van der Waals surface area contributed by atoms with Gasteiger partial charge in [-0.15, -0.1) is 0 Å². The molecule has 0 aliphatic heterocycles. The van der Waals surface area contributed by atoms with Gasteiger partial charge < -0.3 is 15.8 Å². The van der Waals surface area contributed by atoms with Crippen LogP contribution >= 0.6 is 0 Å². The van der Waals surface area contributed by atoms with Crippen molar-refractivity contribution in [1.82, 2.24) is 5.32 Å². The molecule has 2 rings (SSSR count). The Morgan fingerprint density at radius 2 is 2.08 bits per heavy atom. The number of carbonyl (C=O) groups is 1. The van der Waals surface area contributed by atoms with Crippen LogP contribution in [0.2, 0.25) is 0 Å². The van der Waals surface area contributed by atoms with E-state index < -0.39 is 17.6 Å². The fraction of sp³-hybridized carbons (Fsp3) is 0.562. The number of carbonyl (C=O) groups excluding carboxylic acids is 1. The Kier molecular flexibility index (Phi) is 5.82. The molecule has 0 bridgehead atoms. The lowest BCUT2D eigenvalue weighted by atomic mass is 9.83. The van der Waals surface area contributed by atoms with Crippen molar-refractivity contribution in [3.63, 3.8) is 0 Å². The Labute approximate surface area is 137 Å². The van der Waals surface area contributed by atoms with Crippen molar-refractivity contribution in [2.24, 2.45) is 11.7 Å². The molecule has 1 aliphatic rings. The first-order valence-corrected chi connectivity index (χ1v) is 7.64. The molecule has 3 atom stereocenters. The molecule has 1 aromatic carbocycles. The molecule has 1 aromatic rings.